The van der Waals surface area contributed by atoms with Crippen molar-refractivity contribution in [3.63, 3.8) is 0 Å². The van der Waals surface area contributed by atoms with Gasteiger partial charge in [-0.15, -0.1) is 0 Å². The van der Waals surface area contributed by atoms with E-state index < -0.39 is 0 Å². The fourth-order valence-corrected chi connectivity index (χ4v) is 4.50. The Balaban J connectivity index is 1.52. The Morgan fingerprint density at radius 3 is 2.43 bits per heavy atom. The van der Waals surface area contributed by atoms with E-state index in [0.717, 1.165) is 42.2 Å². The highest BCUT2D eigenvalue weighted by molar-refractivity contribution is 7.24. The molecule has 0 spiro atoms. The molecule has 2 aromatic heterocycles. The topological polar surface area (TPSA) is 56.3 Å². The third-order valence-electron chi connectivity index (χ3n) is 3.45. The number of anilines is 2. The highest BCUT2D eigenvalue weighted by Crippen LogP contribution is 2.40. The summed E-state index contributed by atoms with van der Waals surface area (Å²) < 4.78 is 12.9. The quantitative estimate of drug-likeness (QED) is 0.542. The van der Waals surface area contributed by atoms with Gasteiger partial charge in [0, 0.05) is 17.2 Å². The maximum absolute atomic E-state index is 6.01. The van der Waals surface area contributed by atoms with Gasteiger partial charge in [-0.25, -0.2) is 9.97 Å². The van der Waals surface area contributed by atoms with Crippen molar-refractivity contribution >= 4 is 65.0 Å². The summed E-state index contributed by atoms with van der Waals surface area (Å²) in [6.07, 6.45) is 0. The van der Waals surface area contributed by atoms with Crippen LogP contribution in [0, 0.1) is 0 Å². The minimum atomic E-state index is 0.270. The number of rotatable bonds is 2. The molecule has 0 saturated carbocycles. The van der Waals surface area contributed by atoms with Crippen molar-refractivity contribution in [2.45, 2.75) is 0 Å². The molecule has 0 radical (unpaired) electrons. The van der Waals surface area contributed by atoms with Crippen LogP contribution >= 0.6 is 34.3 Å². The highest BCUT2D eigenvalue weighted by Gasteiger charge is 2.17. The van der Waals surface area contributed by atoms with Crippen molar-refractivity contribution in [1.82, 2.24) is 9.97 Å². The first-order valence-electron chi connectivity index (χ1n) is 6.78. The number of thiazole rings is 2. The molecular formula is C15H8ClN3O2S2. The lowest BCUT2D eigenvalue weighted by Gasteiger charge is -1.93. The van der Waals surface area contributed by atoms with E-state index in [-0.39, 0.29) is 6.79 Å². The second-order valence-electron chi connectivity index (χ2n) is 4.95. The maximum atomic E-state index is 6.01. The first-order valence-corrected chi connectivity index (χ1v) is 8.79. The van der Waals surface area contributed by atoms with E-state index >= 15 is 0 Å². The normalized spacial score (nSPS) is 13.1. The van der Waals surface area contributed by atoms with Gasteiger partial charge in [-0.3, -0.25) is 0 Å². The largest absolute Gasteiger partial charge is 0.454 e. The molecule has 0 amide bonds. The number of hydrogen-bond acceptors (Lipinski definition) is 7. The number of benzene rings is 2. The Bertz CT molecular complexity index is 1020. The van der Waals surface area contributed by atoms with Gasteiger partial charge >= 0.3 is 0 Å². The summed E-state index contributed by atoms with van der Waals surface area (Å²) in [5.41, 5.74) is 1.80. The summed E-state index contributed by atoms with van der Waals surface area (Å²) in [5.74, 6) is 1.51. The number of hydrogen-bond donors (Lipinski definition) is 1. The number of aromatic nitrogens is 2. The average Bonchev–Trinajstić information content (AvgIpc) is 3.20. The average molecular weight is 362 g/mol. The molecule has 0 bridgehead atoms. The molecule has 2 aromatic carbocycles. The molecule has 0 unspecified atom stereocenters. The molecule has 8 heteroatoms. The van der Waals surface area contributed by atoms with Gasteiger partial charge in [-0.2, -0.15) is 0 Å². The van der Waals surface area contributed by atoms with E-state index in [1.807, 2.05) is 30.3 Å². The fourth-order valence-electron chi connectivity index (χ4n) is 2.41. The molecule has 0 fully saturated rings. The van der Waals surface area contributed by atoms with Gasteiger partial charge in [-0.05, 0) is 18.2 Å². The van der Waals surface area contributed by atoms with Crippen LogP contribution in [0.4, 0.5) is 10.3 Å². The number of nitrogens with zero attached hydrogens (tertiary/aromatic N) is 2. The van der Waals surface area contributed by atoms with Gasteiger partial charge in [-0.1, -0.05) is 34.3 Å². The molecule has 1 aliphatic heterocycles. The molecule has 3 heterocycles. The minimum absolute atomic E-state index is 0.270. The van der Waals surface area contributed by atoms with Crippen LogP contribution in [-0.2, 0) is 0 Å². The summed E-state index contributed by atoms with van der Waals surface area (Å²) in [6, 6.07) is 9.52. The zero-order valence-corrected chi connectivity index (χ0v) is 13.9. The predicted octanol–water partition coefficient (Wildman–Crippen LogP) is 5.03. The van der Waals surface area contributed by atoms with Crippen molar-refractivity contribution in [3.8, 4) is 11.5 Å². The molecular weight excluding hydrogens is 354 g/mol. The van der Waals surface area contributed by atoms with Gasteiger partial charge < -0.3 is 14.8 Å². The Morgan fingerprint density at radius 2 is 1.61 bits per heavy atom. The van der Waals surface area contributed by atoms with Crippen LogP contribution in [0.25, 0.3) is 20.4 Å². The van der Waals surface area contributed by atoms with E-state index in [0.29, 0.717) is 5.02 Å². The van der Waals surface area contributed by atoms with Crippen LogP contribution in [0.5, 0.6) is 11.5 Å². The van der Waals surface area contributed by atoms with Gasteiger partial charge in [0.05, 0.1) is 20.4 Å². The van der Waals surface area contributed by atoms with Crippen molar-refractivity contribution in [2.24, 2.45) is 0 Å². The highest BCUT2D eigenvalue weighted by atomic mass is 35.5. The lowest BCUT2D eigenvalue weighted by molar-refractivity contribution is 0.174. The molecule has 1 aliphatic rings. The summed E-state index contributed by atoms with van der Waals surface area (Å²) in [4.78, 5) is 9.13. The Labute approximate surface area is 143 Å². The molecule has 1 N–H and O–H groups in total. The van der Waals surface area contributed by atoms with E-state index in [1.54, 1.807) is 22.7 Å². The van der Waals surface area contributed by atoms with Gasteiger partial charge in [0.15, 0.2) is 21.8 Å². The van der Waals surface area contributed by atoms with Crippen LogP contribution in [-0.4, -0.2) is 16.8 Å². The van der Waals surface area contributed by atoms with E-state index in [4.69, 9.17) is 21.1 Å². The second kappa shape index (κ2) is 4.95. The van der Waals surface area contributed by atoms with Crippen molar-refractivity contribution in [2.75, 3.05) is 12.1 Å². The molecule has 0 atom stereocenters. The smallest absolute Gasteiger partial charge is 0.231 e. The lowest BCUT2D eigenvalue weighted by atomic mass is 10.3. The summed E-state index contributed by atoms with van der Waals surface area (Å²) in [6.45, 7) is 0.270. The Kier molecular flexibility index (Phi) is 2.88. The van der Waals surface area contributed by atoms with E-state index in [2.05, 4.69) is 15.3 Å². The summed E-state index contributed by atoms with van der Waals surface area (Å²) in [5, 5.41) is 5.56. The van der Waals surface area contributed by atoms with Crippen LogP contribution in [0.1, 0.15) is 0 Å². The third kappa shape index (κ3) is 2.28. The van der Waals surface area contributed by atoms with Crippen LogP contribution < -0.4 is 14.8 Å². The Hall–Kier alpha value is -2.09. The van der Waals surface area contributed by atoms with Crippen molar-refractivity contribution < 1.29 is 9.47 Å². The first-order chi connectivity index (χ1) is 11.2. The monoisotopic (exact) mass is 361 g/mol. The number of nitrogens with one attached hydrogen (secondary N) is 1. The molecule has 4 aromatic rings. The molecule has 0 aliphatic carbocycles. The van der Waals surface area contributed by atoms with Crippen LogP contribution in [0.3, 0.4) is 0 Å². The standard InChI is InChI=1S/C15H8ClN3O2S2/c16-7-1-2-8-12(3-7)22-14(17-8)19-15-18-9-4-10-11(21-6-20-10)5-13(9)23-15/h1-5H,6H2,(H,17,18,19). The predicted molar refractivity (Wildman–Crippen MR) is 93.7 cm³/mol. The molecule has 23 heavy (non-hydrogen) atoms. The Morgan fingerprint density at radius 1 is 0.913 bits per heavy atom. The number of halogens is 1. The number of ether oxygens (including phenoxy) is 2. The van der Waals surface area contributed by atoms with E-state index in [9.17, 15) is 0 Å². The van der Waals surface area contributed by atoms with Crippen LogP contribution in [0.2, 0.25) is 5.02 Å². The molecule has 5 rings (SSSR count). The maximum Gasteiger partial charge on any atom is 0.231 e. The SMILES string of the molecule is Clc1ccc2nc(Nc3nc4cc5c(cc4s3)OCO5)sc2c1. The fraction of sp³-hybridized carbons (Fsp3) is 0.0667. The van der Waals surface area contributed by atoms with Crippen molar-refractivity contribution in [1.29, 1.82) is 0 Å². The molecule has 0 saturated heterocycles. The van der Waals surface area contributed by atoms with Gasteiger partial charge in [0.1, 0.15) is 0 Å². The minimum Gasteiger partial charge on any atom is -0.454 e. The number of fused-ring (bicyclic) bond motifs is 3. The third-order valence-corrected chi connectivity index (χ3v) is 5.55. The van der Waals surface area contributed by atoms with Gasteiger partial charge in [0.25, 0.3) is 0 Å². The van der Waals surface area contributed by atoms with Gasteiger partial charge in [0.2, 0.25) is 6.79 Å². The van der Waals surface area contributed by atoms with E-state index in [1.165, 1.54) is 0 Å². The van der Waals surface area contributed by atoms with Crippen LogP contribution in [0.15, 0.2) is 30.3 Å². The zero-order valence-electron chi connectivity index (χ0n) is 11.5. The second-order valence-corrected chi connectivity index (χ2v) is 7.45. The first kappa shape index (κ1) is 13.4. The zero-order chi connectivity index (χ0) is 15.4. The lowest BCUT2D eigenvalue weighted by Crippen LogP contribution is -1.92. The molecule has 5 nitrogen and oxygen atoms in total. The summed E-state index contributed by atoms with van der Waals surface area (Å²) in [7, 11) is 0. The van der Waals surface area contributed by atoms with Crippen molar-refractivity contribution in [3.05, 3.63) is 35.4 Å². The summed E-state index contributed by atoms with van der Waals surface area (Å²) >= 11 is 9.12. The molecule has 114 valence electrons.